The van der Waals surface area contributed by atoms with E-state index in [1.165, 1.54) is 4.57 Å². The minimum absolute atomic E-state index is 0.00897. The van der Waals surface area contributed by atoms with Crippen LogP contribution in [0.5, 0.6) is 5.88 Å². The Bertz CT molecular complexity index is 1040. The van der Waals surface area contributed by atoms with E-state index >= 15 is 0 Å². The quantitative estimate of drug-likeness (QED) is 0.578. The molecule has 10 heteroatoms. The third kappa shape index (κ3) is 4.38. The Kier molecular flexibility index (Phi) is 5.78. The van der Waals surface area contributed by atoms with Crippen LogP contribution < -0.4 is 0 Å². The Morgan fingerprint density at radius 2 is 2.07 bits per heavy atom. The number of fused-ring (bicyclic) bond motifs is 1. The summed E-state index contributed by atoms with van der Waals surface area (Å²) in [4.78, 5) is 23.9. The Labute approximate surface area is 161 Å². The fourth-order valence-corrected chi connectivity index (χ4v) is 5.15. The van der Waals surface area contributed by atoms with Gasteiger partial charge < -0.3 is 9.84 Å². The number of carbonyl (C=O) groups excluding carboxylic acids is 2. The number of carbonyl (C=O) groups is 2. The molecule has 1 aliphatic rings. The fraction of sp³-hybridized carbons (Fsp3) is 0.444. The van der Waals surface area contributed by atoms with Gasteiger partial charge in [0.2, 0.25) is 5.88 Å². The molecule has 1 aromatic carbocycles. The number of rotatable bonds is 6. The number of aromatic hydroxyl groups is 1. The smallest absolute Gasteiger partial charge is 0.326 e. The van der Waals surface area contributed by atoms with Gasteiger partial charge in [0, 0.05) is 11.8 Å². The molecule has 2 heterocycles. The van der Waals surface area contributed by atoms with Gasteiger partial charge in [-0.05, 0) is 25.3 Å². The molecule has 1 N–H and O–H groups in total. The third-order valence-corrected chi connectivity index (χ3v) is 6.40. The Morgan fingerprint density at radius 1 is 1.32 bits per heavy atom. The molecule has 1 fully saturated rings. The second-order valence-electron chi connectivity index (χ2n) is 6.65. The molecular weight excluding hydrogens is 386 g/mol. The van der Waals surface area contributed by atoms with Crippen LogP contribution in [0.25, 0.3) is 10.9 Å². The predicted molar refractivity (Wildman–Crippen MR) is 101 cm³/mol. The molecule has 28 heavy (non-hydrogen) atoms. The summed E-state index contributed by atoms with van der Waals surface area (Å²) in [5, 5.41) is 18.6. The van der Waals surface area contributed by atoms with E-state index in [4.69, 9.17) is 4.74 Å². The van der Waals surface area contributed by atoms with E-state index in [-0.39, 0.29) is 48.6 Å². The highest BCUT2D eigenvalue weighted by molar-refractivity contribution is 7.91. The summed E-state index contributed by atoms with van der Waals surface area (Å²) in [6, 6.07) is 6.88. The summed E-state index contributed by atoms with van der Waals surface area (Å²) in [5.74, 6) is -1.54. The molecular formula is C18H21N3O6S. The number of para-hydroxylation sites is 1. The molecule has 0 radical (unpaired) electrons. The first kappa shape index (κ1) is 20.0. The normalized spacial score (nSPS) is 18.7. The molecule has 1 amide bonds. The Balaban J connectivity index is 1.82. The lowest BCUT2D eigenvalue weighted by Gasteiger charge is -2.06. The number of nitrogens with zero attached hydrogens (tertiary/aromatic N) is 3. The van der Waals surface area contributed by atoms with E-state index in [0.29, 0.717) is 17.3 Å². The molecule has 2 aromatic rings. The number of hydrogen-bond donors (Lipinski definition) is 1. The SMILES string of the molecule is CCOC(=O)Cn1c(O)c(N=NC(=O)C[C@@H]2CCS(=O)(=O)C2)c2ccccc21. The highest BCUT2D eigenvalue weighted by Gasteiger charge is 2.29. The number of benzene rings is 1. The summed E-state index contributed by atoms with van der Waals surface area (Å²) >= 11 is 0. The number of azo groups is 1. The summed E-state index contributed by atoms with van der Waals surface area (Å²) in [5.41, 5.74) is 0.628. The maximum absolute atomic E-state index is 12.1. The number of aromatic nitrogens is 1. The number of esters is 1. The Morgan fingerprint density at radius 3 is 2.75 bits per heavy atom. The maximum Gasteiger partial charge on any atom is 0.326 e. The first-order valence-corrected chi connectivity index (χ1v) is 10.7. The second-order valence-corrected chi connectivity index (χ2v) is 8.88. The zero-order valence-electron chi connectivity index (χ0n) is 15.4. The van der Waals surface area contributed by atoms with Crippen LogP contribution in [0.15, 0.2) is 34.5 Å². The van der Waals surface area contributed by atoms with Gasteiger partial charge in [-0.25, -0.2) is 8.42 Å². The maximum atomic E-state index is 12.1. The van der Waals surface area contributed by atoms with Crippen molar-refractivity contribution in [1.82, 2.24) is 4.57 Å². The van der Waals surface area contributed by atoms with Crippen molar-refractivity contribution in [2.24, 2.45) is 16.1 Å². The average Bonchev–Trinajstić information content (AvgIpc) is 3.10. The highest BCUT2D eigenvalue weighted by Crippen LogP contribution is 2.38. The number of amides is 1. The van der Waals surface area contributed by atoms with Crippen LogP contribution in [-0.4, -0.2) is 48.1 Å². The minimum Gasteiger partial charge on any atom is -0.493 e. The van der Waals surface area contributed by atoms with Gasteiger partial charge in [-0.3, -0.25) is 14.2 Å². The molecule has 9 nitrogen and oxygen atoms in total. The van der Waals surface area contributed by atoms with E-state index in [2.05, 4.69) is 10.2 Å². The van der Waals surface area contributed by atoms with Crippen molar-refractivity contribution in [2.45, 2.75) is 26.3 Å². The van der Waals surface area contributed by atoms with E-state index in [0.717, 1.165) is 0 Å². The van der Waals surface area contributed by atoms with E-state index in [1.807, 2.05) is 0 Å². The van der Waals surface area contributed by atoms with Crippen molar-refractivity contribution in [3.63, 3.8) is 0 Å². The first-order chi connectivity index (χ1) is 13.3. The molecule has 0 bridgehead atoms. The van der Waals surface area contributed by atoms with Gasteiger partial charge in [0.1, 0.15) is 6.54 Å². The fourth-order valence-electron chi connectivity index (χ4n) is 3.29. The van der Waals surface area contributed by atoms with Gasteiger partial charge in [-0.15, -0.1) is 10.2 Å². The molecule has 1 aromatic heterocycles. The van der Waals surface area contributed by atoms with Crippen LogP contribution in [0, 0.1) is 5.92 Å². The van der Waals surface area contributed by atoms with Crippen molar-refractivity contribution < 1.29 is 27.9 Å². The van der Waals surface area contributed by atoms with E-state index < -0.39 is 21.7 Å². The van der Waals surface area contributed by atoms with Crippen LogP contribution in [0.4, 0.5) is 5.69 Å². The molecule has 150 valence electrons. The summed E-state index contributed by atoms with van der Waals surface area (Å²) < 4.78 is 29.2. The summed E-state index contributed by atoms with van der Waals surface area (Å²) in [7, 11) is -3.07. The lowest BCUT2D eigenvalue weighted by atomic mass is 10.1. The van der Waals surface area contributed by atoms with Gasteiger partial charge in [-0.2, -0.15) is 0 Å². The topological polar surface area (TPSA) is 127 Å². The van der Waals surface area contributed by atoms with Crippen molar-refractivity contribution in [1.29, 1.82) is 0 Å². The molecule has 0 aliphatic carbocycles. The van der Waals surface area contributed by atoms with Gasteiger partial charge >= 0.3 is 5.97 Å². The van der Waals surface area contributed by atoms with E-state index in [9.17, 15) is 23.1 Å². The lowest BCUT2D eigenvalue weighted by molar-refractivity contribution is -0.143. The predicted octanol–water partition coefficient (Wildman–Crippen LogP) is 2.35. The van der Waals surface area contributed by atoms with Crippen LogP contribution in [0.1, 0.15) is 19.8 Å². The van der Waals surface area contributed by atoms with Crippen LogP contribution in [0.3, 0.4) is 0 Å². The van der Waals surface area contributed by atoms with Crippen molar-refractivity contribution in [2.75, 3.05) is 18.1 Å². The molecule has 1 saturated heterocycles. The number of ether oxygens (including phenoxy) is 1. The Hall–Kier alpha value is -2.75. The largest absolute Gasteiger partial charge is 0.493 e. The number of hydrogen-bond acceptors (Lipinski definition) is 7. The van der Waals surface area contributed by atoms with Crippen LogP contribution in [-0.2, 0) is 30.7 Å². The lowest BCUT2D eigenvalue weighted by Crippen LogP contribution is -2.12. The zero-order valence-corrected chi connectivity index (χ0v) is 16.2. The molecule has 0 saturated carbocycles. The molecule has 1 aliphatic heterocycles. The standard InChI is InChI=1S/C18H21N3O6S/c1-2-27-16(23)10-21-14-6-4-3-5-13(14)17(18(21)24)20-19-15(22)9-12-7-8-28(25,26)11-12/h3-6,12,24H,2,7-11H2,1H3/t12-/m0/s1. The van der Waals surface area contributed by atoms with Gasteiger partial charge in [0.15, 0.2) is 15.5 Å². The molecule has 0 spiro atoms. The van der Waals surface area contributed by atoms with Gasteiger partial charge in [0.05, 0.1) is 23.6 Å². The van der Waals surface area contributed by atoms with Crippen molar-refractivity contribution in [3.8, 4) is 5.88 Å². The minimum atomic E-state index is -3.07. The molecule has 3 rings (SSSR count). The summed E-state index contributed by atoms with van der Waals surface area (Å²) in [6.45, 7) is 1.70. The highest BCUT2D eigenvalue weighted by atomic mass is 32.2. The first-order valence-electron chi connectivity index (χ1n) is 8.91. The monoisotopic (exact) mass is 407 g/mol. The molecule has 0 unspecified atom stereocenters. The van der Waals surface area contributed by atoms with Crippen LogP contribution in [0.2, 0.25) is 0 Å². The van der Waals surface area contributed by atoms with Crippen LogP contribution >= 0.6 is 0 Å². The van der Waals surface area contributed by atoms with Crippen molar-refractivity contribution in [3.05, 3.63) is 24.3 Å². The van der Waals surface area contributed by atoms with Gasteiger partial charge in [0.25, 0.3) is 5.91 Å². The zero-order chi connectivity index (χ0) is 20.3. The van der Waals surface area contributed by atoms with Crippen molar-refractivity contribution >= 4 is 38.3 Å². The van der Waals surface area contributed by atoms with Gasteiger partial charge in [-0.1, -0.05) is 18.2 Å². The molecule has 1 atom stereocenters. The third-order valence-electron chi connectivity index (χ3n) is 4.56. The number of sulfone groups is 1. The second kappa shape index (κ2) is 8.09. The average molecular weight is 407 g/mol. The van der Waals surface area contributed by atoms with E-state index in [1.54, 1.807) is 31.2 Å². The summed E-state index contributed by atoms with van der Waals surface area (Å²) in [6.07, 6.45) is 0.429.